The number of nitrogens with zero attached hydrogens (tertiary/aromatic N) is 4. The summed E-state index contributed by atoms with van der Waals surface area (Å²) in [6, 6.07) is 16.0. The van der Waals surface area contributed by atoms with E-state index in [4.69, 9.17) is 0 Å². The highest BCUT2D eigenvalue weighted by molar-refractivity contribution is 7.99. The van der Waals surface area contributed by atoms with E-state index < -0.39 is 0 Å². The smallest absolute Gasteiger partial charge is 0.234 e. The van der Waals surface area contributed by atoms with Gasteiger partial charge in [-0.05, 0) is 43.2 Å². The van der Waals surface area contributed by atoms with Gasteiger partial charge in [0.2, 0.25) is 5.91 Å². The minimum absolute atomic E-state index is 0.0578. The molecule has 0 saturated heterocycles. The summed E-state index contributed by atoms with van der Waals surface area (Å²) in [7, 11) is 0. The molecule has 7 heteroatoms. The number of carbonyl (C=O) groups excluding carboxylic acids is 1. The largest absolute Gasteiger partial charge is 0.331 e. The summed E-state index contributed by atoms with van der Waals surface area (Å²) in [5, 5.41) is 3.75. The Morgan fingerprint density at radius 2 is 1.77 bits per heavy atom. The van der Waals surface area contributed by atoms with E-state index in [1.165, 1.54) is 11.8 Å². The Bertz CT molecular complexity index is 1150. The number of hydrogen-bond acceptors (Lipinski definition) is 4. The molecule has 0 unspecified atom stereocenters. The molecular weight excluding hydrogens is 394 g/mol. The lowest BCUT2D eigenvalue weighted by molar-refractivity contribution is -0.113. The van der Waals surface area contributed by atoms with Gasteiger partial charge in [0.1, 0.15) is 5.82 Å². The van der Waals surface area contributed by atoms with Gasteiger partial charge >= 0.3 is 0 Å². The highest BCUT2D eigenvalue weighted by Gasteiger charge is 2.11. The van der Waals surface area contributed by atoms with Crippen molar-refractivity contribution in [1.82, 2.24) is 19.1 Å². The van der Waals surface area contributed by atoms with Crippen molar-refractivity contribution in [2.75, 3.05) is 11.1 Å². The van der Waals surface area contributed by atoms with Crippen molar-refractivity contribution >= 4 is 23.4 Å². The predicted octanol–water partition coefficient (Wildman–Crippen LogP) is 4.46. The molecule has 0 bridgehead atoms. The average molecular weight is 418 g/mol. The Kier molecular flexibility index (Phi) is 5.99. The van der Waals surface area contributed by atoms with Crippen LogP contribution in [0, 0.1) is 13.8 Å². The summed E-state index contributed by atoms with van der Waals surface area (Å²) in [5.41, 5.74) is 4.17. The fourth-order valence-electron chi connectivity index (χ4n) is 3.20. The van der Waals surface area contributed by atoms with Gasteiger partial charge in [0.15, 0.2) is 5.16 Å². The van der Waals surface area contributed by atoms with Crippen LogP contribution >= 0.6 is 11.8 Å². The second-order valence-electron chi connectivity index (χ2n) is 7.00. The summed E-state index contributed by atoms with van der Waals surface area (Å²) in [6.07, 6.45) is 7.44. The van der Waals surface area contributed by atoms with Gasteiger partial charge in [0, 0.05) is 37.0 Å². The Morgan fingerprint density at radius 1 is 1.00 bits per heavy atom. The van der Waals surface area contributed by atoms with Gasteiger partial charge in [-0.25, -0.2) is 9.97 Å². The zero-order valence-corrected chi connectivity index (χ0v) is 17.8. The second-order valence-corrected chi connectivity index (χ2v) is 7.94. The SMILES string of the molecule is Cc1ccccc1-n1ccnc1SCC(=O)Nc1ccc(Cn2ccnc2C)cc1. The molecule has 4 aromatic rings. The van der Waals surface area contributed by atoms with Gasteiger partial charge in [-0.15, -0.1) is 0 Å². The maximum atomic E-state index is 12.4. The Labute approximate surface area is 180 Å². The number of hydrogen-bond donors (Lipinski definition) is 1. The fraction of sp³-hybridized carbons (Fsp3) is 0.174. The van der Waals surface area contributed by atoms with E-state index in [1.807, 2.05) is 66.3 Å². The molecule has 0 atom stereocenters. The van der Waals surface area contributed by atoms with Gasteiger partial charge in [-0.2, -0.15) is 0 Å². The molecule has 0 aliphatic rings. The number of thioether (sulfide) groups is 1. The normalized spacial score (nSPS) is 10.9. The molecule has 152 valence electrons. The second kappa shape index (κ2) is 9.00. The zero-order chi connectivity index (χ0) is 20.9. The molecule has 0 radical (unpaired) electrons. The average Bonchev–Trinajstić information content (AvgIpc) is 3.37. The van der Waals surface area contributed by atoms with Crippen LogP contribution in [-0.2, 0) is 11.3 Å². The van der Waals surface area contributed by atoms with Crippen LogP contribution in [0.25, 0.3) is 5.69 Å². The number of amides is 1. The number of imidazole rings is 2. The third-order valence-corrected chi connectivity index (χ3v) is 5.80. The van der Waals surface area contributed by atoms with Crippen LogP contribution in [-0.4, -0.2) is 30.8 Å². The van der Waals surface area contributed by atoms with Crippen LogP contribution in [0.4, 0.5) is 5.69 Å². The van der Waals surface area contributed by atoms with Crippen molar-refractivity contribution in [3.8, 4) is 5.69 Å². The van der Waals surface area contributed by atoms with Crippen molar-refractivity contribution in [3.63, 3.8) is 0 Å². The molecule has 2 heterocycles. The van der Waals surface area contributed by atoms with E-state index in [9.17, 15) is 4.79 Å². The predicted molar refractivity (Wildman–Crippen MR) is 120 cm³/mol. The van der Waals surface area contributed by atoms with Crippen LogP contribution in [0.15, 0.2) is 78.5 Å². The molecule has 6 nitrogen and oxygen atoms in total. The molecule has 0 fully saturated rings. The molecule has 2 aromatic carbocycles. The molecule has 0 saturated carbocycles. The number of aromatic nitrogens is 4. The molecule has 4 rings (SSSR count). The highest BCUT2D eigenvalue weighted by Crippen LogP contribution is 2.23. The first kappa shape index (κ1) is 20.0. The maximum absolute atomic E-state index is 12.4. The van der Waals surface area contributed by atoms with E-state index in [0.717, 1.165) is 40.0 Å². The lowest BCUT2D eigenvalue weighted by Crippen LogP contribution is -2.14. The topological polar surface area (TPSA) is 64.7 Å². The van der Waals surface area contributed by atoms with Gasteiger partial charge in [-0.3, -0.25) is 9.36 Å². The van der Waals surface area contributed by atoms with Crippen molar-refractivity contribution in [1.29, 1.82) is 0 Å². The number of rotatable bonds is 7. The number of carbonyl (C=O) groups is 1. The van der Waals surface area contributed by atoms with Gasteiger partial charge in [0.05, 0.1) is 11.4 Å². The van der Waals surface area contributed by atoms with Crippen LogP contribution in [0.1, 0.15) is 17.0 Å². The Morgan fingerprint density at radius 3 is 2.50 bits per heavy atom. The minimum Gasteiger partial charge on any atom is -0.331 e. The maximum Gasteiger partial charge on any atom is 0.234 e. The summed E-state index contributed by atoms with van der Waals surface area (Å²) < 4.78 is 4.10. The molecular formula is C23H23N5OS. The Hall–Kier alpha value is -3.32. The molecule has 0 aliphatic carbocycles. The number of nitrogens with one attached hydrogen (secondary N) is 1. The highest BCUT2D eigenvalue weighted by atomic mass is 32.2. The van der Waals surface area contributed by atoms with Crippen LogP contribution < -0.4 is 5.32 Å². The van der Waals surface area contributed by atoms with Crippen molar-refractivity contribution in [3.05, 3.63) is 90.3 Å². The van der Waals surface area contributed by atoms with Crippen molar-refractivity contribution < 1.29 is 4.79 Å². The van der Waals surface area contributed by atoms with Gasteiger partial charge < -0.3 is 9.88 Å². The summed E-state index contributed by atoms with van der Waals surface area (Å²) in [6.45, 7) is 4.81. The fourth-order valence-corrected chi connectivity index (χ4v) is 3.97. The van der Waals surface area contributed by atoms with Crippen molar-refractivity contribution in [2.45, 2.75) is 25.5 Å². The minimum atomic E-state index is -0.0578. The summed E-state index contributed by atoms with van der Waals surface area (Å²) in [4.78, 5) is 21.1. The molecule has 1 amide bonds. The van der Waals surface area contributed by atoms with E-state index in [-0.39, 0.29) is 5.91 Å². The number of aryl methyl sites for hydroxylation is 2. The quantitative estimate of drug-likeness (QED) is 0.451. The summed E-state index contributed by atoms with van der Waals surface area (Å²) in [5.74, 6) is 1.21. The summed E-state index contributed by atoms with van der Waals surface area (Å²) >= 11 is 1.42. The molecule has 0 aliphatic heterocycles. The first-order valence-electron chi connectivity index (χ1n) is 9.69. The molecule has 1 N–H and O–H groups in total. The van der Waals surface area contributed by atoms with E-state index in [0.29, 0.717) is 5.75 Å². The van der Waals surface area contributed by atoms with Crippen LogP contribution in [0.2, 0.25) is 0 Å². The third-order valence-electron chi connectivity index (χ3n) is 4.83. The standard InChI is InChI=1S/C23H23N5OS/c1-17-5-3-4-6-21(17)28-14-12-25-23(28)30-16-22(29)26-20-9-7-19(8-10-20)15-27-13-11-24-18(27)2/h3-14H,15-16H2,1-2H3,(H,26,29). The zero-order valence-electron chi connectivity index (χ0n) is 16.9. The van der Waals surface area contributed by atoms with E-state index in [2.05, 4.69) is 32.8 Å². The van der Waals surface area contributed by atoms with Crippen LogP contribution in [0.5, 0.6) is 0 Å². The van der Waals surface area contributed by atoms with E-state index >= 15 is 0 Å². The lowest BCUT2D eigenvalue weighted by Gasteiger charge is -2.10. The van der Waals surface area contributed by atoms with Gasteiger partial charge in [-0.1, -0.05) is 42.1 Å². The molecule has 30 heavy (non-hydrogen) atoms. The first-order chi connectivity index (χ1) is 14.6. The van der Waals surface area contributed by atoms with Crippen LogP contribution in [0.3, 0.4) is 0 Å². The first-order valence-corrected chi connectivity index (χ1v) is 10.7. The number of para-hydroxylation sites is 1. The van der Waals surface area contributed by atoms with Gasteiger partial charge in [0.25, 0.3) is 0 Å². The number of benzene rings is 2. The monoisotopic (exact) mass is 417 g/mol. The van der Waals surface area contributed by atoms with E-state index in [1.54, 1.807) is 12.4 Å². The molecule has 0 spiro atoms. The Balaban J connectivity index is 1.34. The third kappa shape index (κ3) is 4.63. The number of anilines is 1. The van der Waals surface area contributed by atoms with Crippen molar-refractivity contribution in [2.24, 2.45) is 0 Å². The molecule has 2 aromatic heterocycles. The lowest BCUT2D eigenvalue weighted by atomic mass is 10.2.